The highest BCUT2D eigenvalue weighted by atomic mass is 16.6. The van der Waals surface area contributed by atoms with Gasteiger partial charge in [0.15, 0.2) is 0 Å². The van der Waals surface area contributed by atoms with Gasteiger partial charge in [0.25, 0.3) is 0 Å². The van der Waals surface area contributed by atoms with Crippen LogP contribution in [0.3, 0.4) is 0 Å². The normalized spacial score (nSPS) is 40.5. The SMILES string of the molecule is CC(C)C1(C2CCCCC2)OC12CC2. The lowest BCUT2D eigenvalue weighted by Gasteiger charge is -2.31. The molecule has 1 atom stereocenters. The third kappa shape index (κ3) is 0.997. The molecule has 0 amide bonds. The van der Waals surface area contributed by atoms with Crippen LogP contribution in [0.15, 0.2) is 0 Å². The molecule has 0 aromatic carbocycles. The maximum absolute atomic E-state index is 6.20. The van der Waals surface area contributed by atoms with Gasteiger partial charge in [-0.3, -0.25) is 0 Å². The van der Waals surface area contributed by atoms with Crippen LogP contribution >= 0.6 is 0 Å². The number of hydrogen-bond acceptors (Lipinski definition) is 1. The Balaban J connectivity index is 1.79. The van der Waals surface area contributed by atoms with Gasteiger partial charge in [0, 0.05) is 0 Å². The Bertz CT molecular complexity index is 236. The molecule has 3 aliphatic rings. The van der Waals surface area contributed by atoms with E-state index in [1.54, 1.807) is 0 Å². The molecule has 3 fully saturated rings. The first kappa shape index (κ1) is 9.21. The predicted molar refractivity (Wildman–Crippen MR) is 57.2 cm³/mol. The van der Waals surface area contributed by atoms with Gasteiger partial charge in [-0.15, -0.1) is 0 Å². The molecule has 2 aliphatic carbocycles. The first-order valence-corrected chi connectivity index (χ1v) is 6.41. The van der Waals surface area contributed by atoms with Crippen LogP contribution in [-0.2, 0) is 4.74 Å². The highest BCUT2D eigenvalue weighted by Gasteiger charge is 2.79. The second kappa shape index (κ2) is 2.75. The van der Waals surface area contributed by atoms with Gasteiger partial charge in [-0.1, -0.05) is 33.1 Å². The molecule has 1 nitrogen and oxygen atoms in total. The molecule has 1 unspecified atom stereocenters. The third-order valence-corrected chi connectivity index (χ3v) is 4.81. The van der Waals surface area contributed by atoms with E-state index in [2.05, 4.69) is 13.8 Å². The predicted octanol–water partition coefficient (Wildman–Crippen LogP) is 3.52. The van der Waals surface area contributed by atoms with E-state index < -0.39 is 0 Å². The zero-order chi connectivity index (χ0) is 9.81. The smallest absolute Gasteiger partial charge is 0.103 e. The van der Waals surface area contributed by atoms with Crippen LogP contribution in [0.2, 0.25) is 0 Å². The van der Waals surface area contributed by atoms with Crippen LogP contribution in [-0.4, -0.2) is 11.2 Å². The largest absolute Gasteiger partial charge is 0.362 e. The standard InChI is InChI=1S/C13H22O/c1-10(2)13(12(14-13)8-9-12)11-6-4-3-5-7-11/h10-11H,3-9H2,1-2H3. The first-order chi connectivity index (χ1) is 6.71. The van der Waals surface area contributed by atoms with Crippen LogP contribution in [0.4, 0.5) is 0 Å². The van der Waals surface area contributed by atoms with Crippen molar-refractivity contribution in [2.75, 3.05) is 0 Å². The maximum atomic E-state index is 6.20. The van der Waals surface area contributed by atoms with E-state index in [0.29, 0.717) is 11.2 Å². The molecule has 80 valence electrons. The minimum Gasteiger partial charge on any atom is -0.362 e. The summed E-state index contributed by atoms with van der Waals surface area (Å²) in [5.74, 6) is 1.62. The molecule has 1 saturated heterocycles. The fourth-order valence-electron chi connectivity index (χ4n) is 4.01. The van der Waals surface area contributed by atoms with Crippen molar-refractivity contribution < 1.29 is 4.74 Å². The van der Waals surface area contributed by atoms with Crippen LogP contribution in [0.25, 0.3) is 0 Å². The molecule has 0 radical (unpaired) electrons. The molecule has 2 saturated carbocycles. The lowest BCUT2D eigenvalue weighted by Crippen LogP contribution is -2.34. The Morgan fingerprint density at radius 2 is 1.71 bits per heavy atom. The highest BCUT2D eigenvalue weighted by molar-refractivity contribution is 5.27. The third-order valence-electron chi connectivity index (χ3n) is 4.81. The maximum Gasteiger partial charge on any atom is 0.103 e. The molecule has 0 N–H and O–H groups in total. The second-order valence-corrected chi connectivity index (χ2v) is 5.88. The van der Waals surface area contributed by atoms with Crippen molar-refractivity contribution in [3.05, 3.63) is 0 Å². The van der Waals surface area contributed by atoms with E-state index in [0.717, 1.165) is 11.8 Å². The van der Waals surface area contributed by atoms with E-state index in [1.807, 2.05) is 0 Å². The van der Waals surface area contributed by atoms with E-state index in [-0.39, 0.29) is 0 Å². The Labute approximate surface area is 87.2 Å². The van der Waals surface area contributed by atoms with Crippen LogP contribution in [0.5, 0.6) is 0 Å². The average Bonchev–Trinajstić information content (AvgIpc) is 3.08. The van der Waals surface area contributed by atoms with E-state index in [1.165, 1.54) is 44.9 Å². The Kier molecular flexibility index (Phi) is 1.81. The Morgan fingerprint density at radius 3 is 2.14 bits per heavy atom. The first-order valence-electron chi connectivity index (χ1n) is 6.41. The summed E-state index contributed by atoms with van der Waals surface area (Å²) in [5, 5.41) is 0. The zero-order valence-corrected chi connectivity index (χ0v) is 9.51. The Hall–Kier alpha value is -0.0400. The fourth-order valence-corrected chi connectivity index (χ4v) is 4.01. The van der Waals surface area contributed by atoms with Gasteiger partial charge < -0.3 is 4.74 Å². The summed E-state index contributed by atoms with van der Waals surface area (Å²) in [4.78, 5) is 0. The number of hydrogen-bond donors (Lipinski definition) is 0. The molecule has 1 aliphatic heterocycles. The number of rotatable bonds is 2. The van der Waals surface area contributed by atoms with Gasteiger partial charge in [-0.2, -0.15) is 0 Å². The van der Waals surface area contributed by atoms with Crippen LogP contribution in [0, 0.1) is 11.8 Å². The molecule has 1 heteroatoms. The monoisotopic (exact) mass is 194 g/mol. The summed E-state index contributed by atoms with van der Waals surface area (Å²) in [6.45, 7) is 4.73. The Morgan fingerprint density at radius 1 is 1.07 bits per heavy atom. The van der Waals surface area contributed by atoms with Crippen molar-refractivity contribution in [2.45, 2.75) is 70.0 Å². The lowest BCUT2D eigenvalue weighted by atomic mass is 9.72. The van der Waals surface area contributed by atoms with Crippen molar-refractivity contribution in [2.24, 2.45) is 11.8 Å². The average molecular weight is 194 g/mol. The molecule has 1 spiro atoms. The molecular weight excluding hydrogens is 172 g/mol. The minimum atomic E-state index is 0.327. The minimum absolute atomic E-state index is 0.327. The van der Waals surface area contributed by atoms with Crippen LogP contribution < -0.4 is 0 Å². The summed E-state index contributed by atoms with van der Waals surface area (Å²) in [6, 6.07) is 0. The molecule has 14 heavy (non-hydrogen) atoms. The van der Waals surface area contributed by atoms with Crippen molar-refractivity contribution >= 4 is 0 Å². The summed E-state index contributed by atoms with van der Waals surface area (Å²) in [7, 11) is 0. The highest BCUT2D eigenvalue weighted by Crippen LogP contribution is 2.71. The van der Waals surface area contributed by atoms with E-state index in [9.17, 15) is 0 Å². The molecule has 0 aromatic rings. The van der Waals surface area contributed by atoms with Gasteiger partial charge >= 0.3 is 0 Å². The van der Waals surface area contributed by atoms with Crippen LogP contribution in [0.1, 0.15) is 58.8 Å². The van der Waals surface area contributed by atoms with Crippen molar-refractivity contribution in [3.8, 4) is 0 Å². The molecule has 0 bridgehead atoms. The van der Waals surface area contributed by atoms with E-state index in [4.69, 9.17) is 4.74 Å². The van der Waals surface area contributed by atoms with Gasteiger partial charge in [0.2, 0.25) is 0 Å². The lowest BCUT2D eigenvalue weighted by molar-refractivity contribution is 0.129. The number of epoxide rings is 1. The zero-order valence-electron chi connectivity index (χ0n) is 9.51. The van der Waals surface area contributed by atoms with Crippen molar-refractivity contribution in [1.29, 1.82) is 0 Å². The van der Waals surface area contributed by atoms with Crippen molar-refractivity contribution in [3.63, 3.8) is 0 Å². The molecule has 3 rings (SSSR count). The summed E-state index contributed by atoms with van der Waals surface area (Å²) in [6.07, 6.45) is 9.90. The fraction of sp³-hybridized carbons (Fsp3) is 1.00. The summed E-state index contributed by atoms with van der Waals surface area (Å²) >= 11 is 0. The van der Waals surface area contributed by atoms with Gasteiger partial charge in [0.1, 0.15) is 5.60 Å². The summed E-state index contributed by atoms with van der Waals surface area (Å²) < 4.78 is 6.20. The number of ether oxygens (including phenoxy) is 1. The molecule has 1 heterocycles. The second-order valence-electron chi connectivity index (χ2n) is 5.88. The summed E-state index contributed by atoms with van der Waals surface area (Å²) in [5.41, 5.74) is 0.719. The topological polar surface area (TPSA) is 12.5 Å². The van der Waals surface area contributed by atoms with Gasteiger partial charge in [-0.25, -0.2) is 0 Å². The molecule has 0 aromatic heterocycles. The van der Waals surface area contributed by atoms with Gasteiger partial charge in [0.05, 0.1) is 5.60 Å². The van der Waals surface area contributed by atoms with Crippen molar-refractivity contribution in [1.82, 2.24) is 0 Å². The van der Waals surface area contributed by atoms with E-state index >= 15 is 0 Å². The quantitative estimate of drug-likeness (QED) is 0.613. The molecular formula is C13H22O. The van der Waals surface area contributed by atoms with Gasteiger partial charge in [-0.05, 0) is 37.5 Å².